The molecule has 1 aliphatic rings. The lowest BCUT2D eigenvalue weighted by Gasteiger charge is -2.34. The molecule has 0 unspecified atom stereocenters. The Morgan fingerprint density at radius 1 is 1.12 bits per heavy atom. The van der Waals surface area contributed by atoms with Crippen LogP contribution in [0.1, 0.15) is 30.0 Å². The Balaban J connectivity index is 1.37. The van der Waals surface area contributed by atoms with E-state index in [1.165, 1.54) is 11.3 Å². The molecule has 5 nitrogen and oxygen atoms in total. The van der Waals surface area contributed by atoms with Gasteiger partial charge in [-0.05, 0) is 36.8 Å². The summed E-state index contributed by atoms with van der Waals surface area (Å²) in [5.74, 6) is 1.81. The Kier molecular flexibility index (Phi) is 4.32. The van der Waals surface area contributed by atoms with Gasteiger partial charge in [0.1, 0.15) is 18.2 Å². The van der Waals surface area contributed by atoms with E-state index < -0.39 is 0 Å². The van der Waals surface area contributed by atoms with Crippen LogP contribution in [0, 0.1) is 0 Å². The highest BCUT2D eigenvalue weighted by Crippen LogP contribution is 2.27. The first-order valence-corrected chi connectivity index (χ1v) is 8.78. The van der Waals surface area contributed by atoms with E-state index in [0.29, 0.717) is 12.6 Å². The molecule has 0 N–H and O–H groups in total. The first-order valence-electron chi connectivity index (χ1n) is 8.78. The number of aromatic nitrogens is 3. The van der Waals surface area contributed by atoms with E-state index in [2.05, 4.69) is 64.0 Å². The van der Waals surface area contributed by atoms with E-state index in [0.717, 1.165) is 31.2 Å². The van der Waals surface area contributed by atoms with Gasteiger partial charge in [0.15, 0.2) is 0 Å². The Hall–Kier alpha value is -2.53. The van der Waals surface area contributed by atoms with Crippen molar-refractivity contribution in [2.75, 3.05) is 6.54 Å². The maximum Gasteiger partial charge on any atom is 0.146 e. The fourth-order valence-electron chi connectivity index (χ4n) is 3.45. The van der Waals surface area contributed by atoms with Crippen molar-refractivity contribution in [1.29, 1.82) is 0 Å². The molecule has 0 saturated carbocycles. The third-order valence-electron chi connectivity index (χ3n) is 5.07. The van der Waals surface area contributed by atoms with Crippen molar-refractivity contribution in [1.82, 2.24) is 19.0 Å². The first kappa shape index (κ1) is 16.0. The smallest absolute Gasteiger partial charge is 0.146 e. The maximum absolute atomic E-state index is 5.83. The van der Waals surface area contributed by atoms with Crippen LogP contribution in [-0.4, -0.2) is 25.6 Å². The molecule has 1 aromatic carbocycles. The van der Waals surface area contributed by atoms with E-state index in [-0.39, 0.29) is 0 Å². The van der Waals surface area contributed by atoms with E-state index in [4.69, 9.17) is 4.74 Å². The molecule has 25 heavy (non-hydrogen) atoms. The zero-order valence-electron chi connectivity index (χ0n) is 14.8. The van der Waals surface area contributed by atoms with Crippen LogP contribution in [0.2, 0.25) is 0 Å². The number of benzene rings is 1. The minimum atomic E-state index is 0.447. The Bertz CT molecular complexity index is 834. The number of ether oxygens (including phenoxy) is 1. The van der Waals surface area contributed by atoms with Crippen molar-refractivity contribution in [2.45, 2.75) is 32.7 Å². The van der Waals surface area contributed by atoms with Crippen molar-refractivity contribution >= 4 is 0 Å². The molecule has 5 heteroatoms. The van der Waals surface area contributed by atoms with Crippen molar-refractivity contribution in [2.24, 2.45) is 7.05 Å². The molecule has 0 saturated heterocycles. The van der Waals surface area contributed by atoms with Gasteiger partial charge in [0.25, 0.3) is 0 Å². The van der Waals surface area contributed by atoms with Gasteiger partial charge in [0.2, 0.25) is 0 Å². The van der Waals surface area contributed by atoms with Crippen molar-refractivity contribution < 1.29 is 4.74 Å². The van der Waals surface area contributed by atoms with Gasteiger partial charge in [0, 0.05) is 57.0 Å². The van der Waals surface area contributed by atoms with Gasteiger partial charge in [-0.25, -0.2) is 4.98 Å². The maximum atomic E-state index is 5.83. The summed E-state index contributed by atoms with van der Waals surface area (Å²) in [5.41, 5.74) is 2.72. The topological polar surface area (TPSA) is 35.2 Å². The molecule has 3 aromatic rings. The molecule has 0 fully saturated rings. The van der Waals surface area contributed by atoms with Gasteiger partial charge in [-0.15, -0.1) is 0 Å². The molecular formula is C20H24N4O. The van der Waals surface area contributed by atoms with Gasteiger partial charge in [0.05, 0.1) is 0 Å². The van der Waals surface area contributed by atoms with E-state index in [1.807, 2.05) is 17.8 Å². The fraction of sp³-hybridized carbons (Fsp3) is 0.350. The molecule has 1 atom stereocenters. The number of nitrogens with zero attached hydrogens (tertiary/aromatic N) is 4. The second-order valence-electron chi connectivity index (χ2n) is 6.66. The summed E-state index contributed by atoms with van der Waals surface area (Å²) in [6, 6.07) is 13.2. The predicted octanol–water partition coefficient (Wildman–Crippen LogP) is 3.38. The molecule has 0 bridgehead atoms. The molecule has 0 aliphatic carbocycles. The van der Waals surface area contributed by atoms with E-state index >= 15 is 0 Å². The minimum absolute atomic E-state index is 0.447. The number of hydrogen-bond donors (Lipinski definition) is 0. The van der Waals surface area contributed by atoms with Gasteiger partial charge in [-0.2, -0.15) is 0 Å². The lowest BCUT2D eigenvalue weighted by Crippen LogP contribution is -2.35. The van der Waals surface area contributed by atoms with Crippen LogP contribution in [0.15, 0.2) is 55.0 Å². The lowest BCUT2D eigenvalue weighted by atomic mass is 10.1. The van der Waals surface area contributed by atoms with Crippen molar-refractivity contribution in [3.05, 3.63) is 72.1 Å². The normalized spacial score (nSPS) is 17.4. The van der Waals surface area contributed by atoms with Crippen LogP contribution in [-0.2, 0) is 26.7 Å². The van der Waals surface area contributed by atoms with Crippen LogP contribution < -0.4 is 4.74 Å². The summed E-state index contributed by atoms with van der Waals surface area (Å²) < 4.78 is 10.2. The van der Waals surface area contributed by atoms with Crippen LogP contribution in [0.5, 0.6) is 5.75 Å². The van der Waals surface area contributed by atoms with Crippen LogP contribution >= 0.6 is 0 Å². The molecule has 130 valence electrons. The molecule has 2 aromatic heterocycles. The van der Waals surface area contributed by atoms with Gasteiger partial charge in [-0.1, -0.05) is 12.1 Å². The van der Waals surface area contributed by atoms with Crippen molar-refractivity contribution in [3.63, 3.8) is 0 Å². The summed E-state index contributed by atoms with van der Waals surface area (Å²) in [5, 5.41) is 0. The largest absolute Gasteiger partial charge is 0.486 e. The molecule has 0 spiro atoms. The number of imidazole rings is 1. The third kappa shape index (κ3) is 3.33. The Labute approximate surface area is 148 Å². The van der Waals surface area contributed by atoms with Crippen molar-refractivity contribution in [3.8, 4) is 5.75 Å². The SMILES string of the molecule is C[C@H]1c2cccn2CCN1Cc1ccc(OCc2nccn2C)cc1. The summed E-state index contributed by atoms with van der Waals surface area (Å²) in [6.45, 7) is 5.89. The number of aryl methyl sites for hydroxylation is 1. The van der Waals surface area contributed by atoms with Gasteiger partial charge < -0.3 is 13.9 Å². The summed E-state index contributed by atoms with van der Waals surface area (Å²) in [6.07, 6.45) is 5.90. The Morgan fingerprint density at radius 3 is 2.72 bits per heavy atom. The molecular weight excluding hydrogens is 312 g/mol. The van der Waals surface area contributed by atoms with Crippen LogP contribution in [0.3, 0.4) is 0 Å². The standard InChI is InChI=1S/C20H24N4O/c1-16-19-4-3-10-23(19)12-13-24(16)14-17-5-7-18(8-6-17)25-15-20-21-9-11-22(20)2/h3-11,16H,12-15H2,1-2H3/t16-/m0/s1. The number of fused-ring (bicyclic) bond motifs is 1. The average Bonchev–Trinajstić information content (AvgIpc) is 3.26. The fourth-order valence-corrected chi connectivity index (χ4v) is 3.45. The van der Waals surface area contributed by atoms with E-state index in [9.17, 15) is 0 Å². The average molecular weight is 336 g/mol. The highest BCUT2D eigenvalue weighted by molar-refractivity contribution is 5.27. The zero-order chi connectivity index (χ0) is 17.2. The van der Waals surface area contributed by atoms with Crippen LogP contribution in [0.25, 0.3) is 0 Å². The van der Waals surface area contributed by atoms with E-state index in [1.54, 1.807) is 6.20 Å². The highest BCUT2D eigenvalue weighted by Gasteiger charge is 2.23. The Morgan fingerprint density at radius 2 is 1.96 bits per heavy atom. The monoisotopic (exact) mass is 336 g/mol. The molecule has 1 aliphatic heterocycles. The summed E-state index contributed by atoms with van der Waals surface area (Å²) in [7, 11) is 1.98. The lowest BCUT2D eigenvalue weighted by molar-refractivity contribution is 0.161. The highest BCUT2D eigenvalue weighted by atomic mass is 16.5. The quantitative estimate of drug-likeness (QED) is 0.716. The number of rotatable bonds is 5. The molecule has 3 heterocycles. The minimum Gasteiger partial charge on any atom is -0.486 e. The third-order valence-corrected chi connectivity index (χ3v) is 5.07. The van der Waals surface area contributed by atoms with Gasteiger partial charge in [-0.3, -0.25) is 4.90 Å². The summed E-state index contributed by atoms with van der Waals surface area (Å²) >= 11 is 0. The van der Waals surface area contributed by atoms with Gasteiger partial charge >= 0.3 is 0 Å². The first-order chi connectivity index (χ1) is 12.2. The molecule has 0 amide bonds. The predicted molar refractivity (Wildman–Crippen MR) is 97.2 cm³/mol. The second kappa shape index (κ2) is 6.76. The van der Waals surface area contributed by atoms with Crippen LogP contribution in [0.4, 0.5) is 0 Å². The molecule has 4 rings (SSSR count). The summed E-state index contributed by atoms with van der Waals surface area (Å²) in [4.78, 5) is 6.80. The molecule has 0 radical (unpaired) electrons. The number of hydrogen-bond acceptors (Lipinski definition) is 3. The second-order valence-corrected chi connectivity index (χ2v) is 6.66. The zero-order valence-corrected chi connectivity index (χ0v) is 14.8.